The molecule has 1 saturated carbocycles. The van der Waals surface area contributed by atoms with E-state index < -0.39 is 17.4 Å². The van der Waals surface area contributed by atoms with E-state index in [0.29, 0.717) is 59.0 Å². The molecule has 3 aliphatic rings. The Balaban J connectivity index is 1.05. The normalized spacial score (nSPS) is 19.8. The number of halogens is 1. The minimum atomic E-state index is -1.02. The summed E-state index contributed by atoms with van der Waals surface area (Å²) in [5.74, 6) is -0.425. The van der Waals surface area contributed by atoms with Gasteiger partial charge in [0.2, 0.25) is 0 Å². The van der Waals surface area contributed by atoms with Gasteiger partial charge in [0.05, 0.1) is 41.2 Å². The molecule has 54 heavy (non-hydrogen) atoms. The van der Waals surface area contributed by atoms with Crippen molar-refractivity contribution in [1.29, 1.82) is 0 Å². The van der Waals surface area contributed by atoms with Crippen molar-refractivity contribution in [1.82, 2.24) is 28.9 Å². The van der Waals surface area contributed by atoms with E-state index in [1.54, 1.807) is 23.7 Å². The third kappa shape index (κ3) is 6.72. The van der Waals surface area contributed by atoms with Crippen LogP contribution in [0.25, 0.3) is 11.1 Å². The Morgan fingerprint density at radius 1 is 0.852 bits per heavy atom. The van der Waals surface area contributed by atoms with Crippen molar-refractivity contribution in [2.75, 3.05) is 30.8 Å². The molecule has 0 bridgehead atoms. The van der Waals surface area contributed by atoms with Crippen LogP contribution >= 0.6 is 11.6 Å². The first-order valence-electron chi connectivity index (χ1n) is 18.2. The van der Waals surface area contributed by atoms with Crippen LogP contribution in [0.4, 0.5) is 16.2 Å². The molecule has 284 valence electrons. The number of hydrogen-bond acceptors (Lipinski definition) is 8. The van der Waals surface area contributed by atoms with Crippen LogP contribution in [0.5, 0.6) is 0 Å². The van der Waals surface area contributed by atoms with E-state index in [-0.39, 0.29) is 24.2 Å². The molecular weight excluding hydrogens is 712 g/mol. The van der Waals surface area contributed by atoms with Crippen LogP contribution in [0.3, 0.4) is 0 Å². The highest BCUT2D eigenvalue weighted by Crippen LogP contribution is 2.40. The van der Waals surface area contributed by atoms with Crippen molar-refractivity contribution >= 4 is 46.9 Å². The summed E-state index contributed by atoms with van der Waals surface area (Å²) in [5, 5.41) is 15.7. The lowest BCUT2D eigenvalue weighted by Gasteiger charge is -2.41. The van der Waals surface area contributed by atoms with Crippen molar-refractivity contribution in [2.24, 2.45) is 19.5 Å². The number of hydrogen-bond donors (Lipinski definition) is 3. The summed E-state index contributed by atoms with van der Waals surface area (Å²) < 4.78 is 8.64. The Labute approximate surface area is 318 Å². The second-order valence-electron chi connectivity index (χ2n) is 14.8. The molecule has 0 radical (unpaired) electrons. The molecule has 1 fully saturated rings. The number of carboxylic acid groups (broad SMARTS) is 1. The van der Waals surface area contributed by atoms with E-state index in [0.717, 1.165) is 66.9 Å². The number of benzene rings is 2. The largest absolute Gasteiger partial charge is 0.469 e. The molecule has 7 rings (SSSR count). The van der Waals surface area contributed by atoms with Gasteiger partial charge in [0.15, 0.2) is 11.6 Å². The van der Waals surface area contributed by atoms with Crippen LogP contribution in [-0.2, 0) is 49.6 Å². The van der Waals surface area contributed by atoms with Gasteiger partial charge >= 0.3 is 12.1 Å². The lowest BCUT2D eigenvalue weighted by atomic mass is 9.73. The summed E-state index contributed by atoms with van der Waals surface area (Å²) in [6, 6.07) is 11.3. The average molecular weight is 757 g/mol. The summed E-state index contributed by atoms with van der Waals surface area (Å²) in [4.78, 5) is 64.0. The predicted octanol–water partition coefficient (Wildman–Crippen LogP) is 5.80. The number of nitrogens with one attached hydrogen (secondary N) is 2. The minimum absolute atomic E-state index is 0.133. The third-order valence-corrected chi connectivity index (χ3v) is 12.0. The maximum atomic E-state index is 13.7. The molecule has 0 spiro atoms. The Morgan fingerprint density at radius 3 is 2.02 bits per heavy atom. The summed E-state index contributed by atoms with van der Waals surface area (Å²) >= 11 is 6.98. The zero-order valence-electron chi connectivity index (χ0n) is 31.2. The van der Waals surface area contributed by atoms with Gasteiger partial charge in [-0.1, -0.05) is 35.9 Å². The Morgan fingerprint density at radius 2 is 1.41 bits per heavy atom. The molecule has 1 aliphatic carbocycles. The number of anilines is 2. The monoisotopic (exact) mass is 756 g/mol. The fourth-order valence-corrected chi connectivity index (χ4v) is 8.54. The molecule has 3 N–H and O–H groups in total. The number of aromatic nitrogens is 4. The number of carbonyl (C=O) groups excluding carboxylic acids is 3. The quantitative estimate of drug-likeness (QED) is 0.198. The van der Waals surface area contributed by atoms with Gasteiger partial charge < -0.3 is 34.5 Å². The maximum Gasteiger partial charge on any atom is 0.407 e. The zero-order chi connectivity index (χ0) is 38.5. The van der Waals surface area contributed by atoms with Crippen molar-refractivity contribution in [3.05, 3.63) is 81.4 Å². The van der Waals surface area contributed by atoms with Gasteiger partial charge in [-0.3, -0.25) is 19.3 Å². The summed E-state index contributed by atoms with van der Waals surface area (Å²) in [5.41, 5.74) is 6.11. The van der Waals surface area contributed by atoms with E-state index in [1.807, 2.05) is 49.7 Å². The van der Waals surface area contributed by atoms with E-state index in [2.05, 4.69) is 20.5 Å². The first-order chi connectivity index (χ1) is 25.8. The number of nitrogens with zero attached hydrogens (tertiary/aromatic N) is 6. The Hall–Kier alpha value is -5.21. The van der Waals surface area contributed by atoms with Crippen LogP contribution in [0, 0.1) is 12.3 Å². The number of amides is 3. The highest BCUT2D eigenvalue weighted by atomic mass is 35.5. The molecule has 4 aromatic rings. The van der Waals surface area contributed by atoms with Crippen LogP contribution in [0.2, 0.25) is 5.02 Å². The number of ether oxygens (including phenoxy) is 1. The predicted molar refractivity (Wildman–Crippen MR) is 203 cm³/mol. The number of methoxy groups -OCH3 is 1. The summed E-state index contributed by atoms with van der Waals surface area (Å²) in [6.45, 7) is 5.85. The summed E-state index contributed by atoms with van der Waals surface area (Å²) in [7, 11) is 5.08. The SMILES string of the molecule is COC(=O)C1(C)CCC(N2CCc3c(nc(C(=O)Nc4cccc(-c5cccc(NC(=O)c6nc7c(n6C)CCN(C(=O)O)C7)c5C)c4Cl)n3C)C2)CC1. The van der Waals surface area contributed by atoms with E-state index in [1.165, 1.54) is 12.0 Å². The average Bonchev–Trinajstić information content (AvgIpc) is 3.68. The Kier molecular flexibility index (Phi) is 10.0. The van der Waals surface area contributed by atoms with Gasteiger partial charge in [0.25, 0.3) is 11.8 Å². The van der Waals surface area contributed by atoms with Gasteiger partial charge in [0, 0.05) is 75.3 Å². The standard InChI is InChI=1S/C39H45ClN8O6/c1-22-24(8-6-10-26(22)43-35(49)33-42-29-21-48(38(52)53)19-15-31(29)46(33)4)25-9-7-11-27(32(25)40)44-36(50)34-41-28-20-47(18-14-30(28)45(34)3)23-12-16-39(2,17-13-23)37(51)54-5/h6-11,23H,12-21H2,1-5H3,(H,43,49)(H,44,50)(H,52,53). The van der Waals surface area contributed by atoms with Crippen LogP contribution in [0.1, 0.15) is 82.2 Å². The van der Waals surface area contributed by atoms with Crippen molar-refractivity contribution in [3.63, 3.8) is 0 Å². The van der Waals surface area contributed by atoms with Crippen molar-refractivity contribution < 1.29 is 29.0 Å². The third-order valence-electron chi connectivity index (χ3n) is 11.6. The number of imidazole rings is 2. The fraction of sp³-hybridized carbons (Fsp3) is 0.436. The van der Waals surface area contributed by atoms with Gasteiger partial charge in [-0.2, -0.15) is 0 Å². The first-order valence-corrected chi connectivity index (χ1v) is 18.6. The topological polar surface area (TPSA) is 164 Å². The van der Waals surface area contributed by atoms with Crippen LogP contribution in [-0.4, -0.2) is 84.1 Å². The molecule has 0 atom stereocenters. The minimum Gasteiger partial charge on any atom is -0.469 e. The first kappa shape index (κ1) is 37.1. The van der Waals surface area contributed by atoms with E-state index in [4.69, 9.17) is 21.3 Å². The Bertz CT molecular complexity index is 2170. The second kappa shape index (κ2) is 14.6. The molecule has 3 amide bonds. The molecule has 2 aliphatic heterocycles. The fourth-order valence-electron chi connectivity index (χ4n) is 8.27. The van der Waals surface area contributed by atoms with E-state index in [9.17, 15) is 24.3 Å². The van der Waals surface area contributed by atoms with Crippen molar-refractivity contribution in [3.8, 4) is 11.1 Å². The van der Waals surface area contributed by atoms with Crippen LogP contribution in [0.15, 0.2) is 36.4 Å². The molecule has 2 aromatic heterocycles. The molecular formula is C39H45ClN8O6. The zero-order valence-corrected chi connectivity index (χ0v) is 31.9. The number of fused-ring (bicyclic) bond motifs is 2. The van der Waals surface area contributed by atoms with Crippen molar-refractivity contribution in [2.45, 2.75) is 71.5 Å². The lowest BCUT2D eigenvalue weighted by molar-refractivity contribution is -0.154. The number of carbonyl (C=O) groups is 4. The van der Waals surface area contributed by atoms with E-state index >= 15 is 0 Å². The highest BCUT2D eigenvalue weighted by Gasteiger charge is 2.41. The lowest BCUT2D eigenvalue weighted by Crippen LogP contribution is -2.45. The molecule has 15 heteroatoms. The number of esters is 1. The highest BCUT2D eigenvalue weighted by molar-refractivity contribution is 6.36. The smallest absolute Gasteiger partial charge is 0.407 e. The molecule has 0 unspecified atom stereocenters. The number of rotatable bonds is 7. The molecule has 2 aromatic carbocycles. The van der Waals surface area contributed by atoms with Gasteiger partial charge in [-0.25, -0.2) is 14.8 Å². The molecule has 0 saturated heterocycles. The van der Waals surface area contributed by atoms with Gasteiger partial charge in [0.1, 0.15) is 0 Å². The van der Waals surface area contributed by atoms with Crippen LogP contribution < -0.4 is 10.6 Å². The molecule has 4 heterocycles. The molecule has 14 nitrogen and oxygen atoms in total. The van der Waals surface area contributed by atoms with Gasteiger partial charge in [-0.05, 0) is 62.8 Å². The summed E-state index contributed by atoms with van der Waals surface area (Å²) in [6.07, 6.45) is 3.61. The second-order valence-corrected chi connectivity index (χ2v) is 15.2. The van der Waals surface area contributed by atoms with Gasteiger partial charge in [-0.15, -0.1) is 0 Å². The maximum absolute atomic E-state index is 13.7.